The molecule has 10 nitrogen and oxygen atoms in total. The molecule has 1 aliphatic carbocycles. The van der Waals surface area contributed by atoms with Crippen LogP contribution in [-0.2, 0) is 32.8 Å². The third-order valence-corrected chi connectivity index (χ3v) is 10.5. The van der Waals surface area contributed by atoms with Gasteiger partial charge in [-0.15, -0.1) is 0 Å². The summed E-state index contributed by atoms with van der Waals surface area (Å²) in [6, 6.07) is 15.5. The second kappa shape index (κ2) is 12.1. The summed E-state index contributed by atoms with van der Waals surface area (Å²) in [4.78, 5) is 33.1. The number of hydrazine groups is 1. The fourth-order valence-corrected chi connectivity index (χ4v) is 8.06. The van der Waals surface area contributed by atoms with Crippen LogP contribution in [0.3, 0.4) is 0 Å². The van der Waals surface area contributed by atoms with Crippen molar-refractivity contribution in [2.45, 2.75) is 67.5 Å². The van der Waals surface area contributed by atoms with Crippen molar-refractivity contribution in [1.82, 2.24) is 19.7 Å². The summed E-state index contributed by atoms with van der Waals surface area (Å²) < 4.78 is 69.5. The number of para-hydroxylation sites is 1. The number of halogens is 3. The number of H-pyrrole nitrogens is 1. The molecule has 238 valence electrons. The third-order valence-electron chi connectivity index (χ3n) is 8.57. The molecule has 14 heteroatoms. The smallest absolute Gasteiger partial charge is 0.361 e. The summed E-state index contributed by atoms with van der Waals surface area (Å²) in [5, 5.41) is 14.7. The van der Waals surface area contributed by atoms with Crippen LogP contribution in [0.15, 0.2) is 84.0 Å². The normalized spacial score (nSPS) is 16.5. The maximum absolute atomic E-state index is 14.3. The van der Waals surface area contributed by atoms with Gasteiger partial charge in [0.15, 0.2) is 10.6 Å². The summed E-state index contributed by atoms with van der Waals surface area (Å²) in [7, 11) is -5.55. The van der Waals surface area contributed by atoms with Gasteiger partial charge in [-0.05, 0) is 55.7 Å². The van der Waals surface area contributed by atoms with Gasteiger partial charge in [0.25, 0.3) is 5.91 Å². The average molecular weight is 644 g/mol. The van der Waals surface area contributed by atoms with Crippen LogP contribution < -0.4 is 5.32 Å². The lowest BCUT2D eigenvalue weighted by molar-refractivity contribution is -0.633. The molecule has 0 spiro atoms. The van der Waals surface area contributed by atoms with E-state index in [2.05, 4.69) is 15.3 Å². The number of pyridine rings is 1. The average Bonchev–Trinajstić information content (AvgIpc) is 3.42. The topological polar surface area (TPSA) is 138 Å². The molecule has 1 amide bonds. The Kier molecular flexibility index (Phi) is 8.62. The molecule has 0 bridgehead atoms. The number of nitrogens with one attached hydrogen (secondary N) is 2. The third kappa shape index (κ3) is 6.10. The van der Waals surface area contributed by atoms with E-state index in [1.165, 1.54) is 6.20 Å². The highest BCUT2D eigenvalue weighted by Crippen LogP contribution is 2.40. The minimum Gasteiger partial charge on any atom is -0.361 e. The minimum absolute atomic E-state index is 0.00292. The molecule has 2 aromatic carbocycles. The minimum atomic E-state index is -5.55. The zero-order valence-electron chi connectivity index (χ0n) is 24.4. The number of sulfonamides is 1. The van der Waals surface area contributed by atoms with E-state index in [-0.39, 0.29) is 11.0 Å². The highest BCUT2D eigenvalue weighted by molar-refractivity contribution is 7.89. The molecule has 2 N–H and O–H groups in total. The predicted molar refractivity (Wildman–Crippen MR) is 160 cm³/mol. The molecule has 4 aromatic rings. The zero-order valence-corrected chi connectivity index (χ0v) is 25.2. The van der Waals surface area contributed by atoms with Crippen LogP contribution >= 0.6 is 0 Å². The van der Waals surface area contributed by atoms with Crippen LogP contribution in [0, 0.1) is 10.1 Å². The molecule has 1 atom stereocenters. The quantitative estimate of drug-likeness (QED) is 0.166. The number of hydrogen-bond acceptors (Lipinski definition) is 6. The number of hydrogen-bond donors (Lipinski definition) is 2. The number of fused-ring (bicyclic) bond motifs is 1. The summed E-state index contributed by atoms with van der Waals surface area (Å²) in [5.41, 5.74) is -2.98. The van der Waals surface area contributed by atoms with Crippen molar-refractivity contribution >= 4 is 26.8 Å². The molecule has 45 heavy (non-hydrogen) atoms. The Labute approximate surface area is 257 Å². The van der Waals surface area contributed by atoms with Crippen molar-refractivity contribution in [3.8, 4) is 0 Å². The van der Waals surface area contributed by atoms with Gasteiger partial charge in [-0.25, -0.2) is 10.1 Å². The Balaban J connectivity index is 1.62. The van der Waals surface area contributed by atoms with E-state index in [1.807, 2.05) is 12.1 Å². The molecular weight excluding hydrogens is 611 g/mol. The fourth-order valence-electron chi connectivity index (χ4n) is 6.30. The molecule has 5 rings (SSSR count). The van der Waals surface area contributed by atoms with E-state index < -0.39 is 55.0 Å². The van der Waals surface area contributed by atoms with Gasteiger partial charge in [-0.2, -0.15) is 21.6 Å². The van der Waals surface area contributed by atoms with E-state index in [9.17, 15) is 36.5 Å². The number of aromatic nitrogens is 2. The molecular formula is C31H32F3N5O5S. The SMILES string of the molecule is C[C@](Cc1c[nH]c2ccccc12)(C(=O)NCC1(c2ccccn2)CCCCC1)N([N+](=O)[O-])S(=O)(=O)c1ccccc1C(F)(F)F. The molecule has 0 aliphatic heterocycles. The van der Waals surface area contributed by atoms with E-state index in [0.29, 0.717) is 41.4 Å². The van der Waals surface area contributed by atoms with Crippen molar-refractivity contribution in [2.75, 3.05) is 6.54 Å². The van der Waals surface area contributed by atoms with E-state index in [4.69, 9.17) is 0 Å². The molecule has 0 unspecified atom stereocenters. The number of amides is 1. The van der Waals surface area contributed by atoms with Crippen LogP contribution in [0.1, 0.15) is 55.8 Å². The molecule has 0 radical (unpaired) electrons. The van der Waals surface area contributed by atoms with Gasteiger partial charge in [-0.3, -0.25) is 9.78 Å². The fraction of sp³-hybridized carbons (Fsp3) is 0.355. The number of nitrogens with zero attached hydrogens (tertiary/aromatic N) is 3. The Morgan fingerprint density at radius 2 is 1.71 bits per heavy atom. The van der Waals surface area contributed by atoms with Gasteiger partial charge in [0, 0.05) is 51.8 Å². The van der Waals surface area contributed by atoms with Gasteiger partial charge >= 0.3 is 16.2 Å². The van der Waals surface area contributed by atoms with Crippen molar-refractivity contribution in [1.29, 1.82) is 0 Å². The Morgan fingerprint density at radius 1 is 1.04 bits per heavy atom. The summed E-state index contributed by atoms with van der Waals surface area (Å²) >= 11 is 0. The monoisotopic (exact) mass is 643 g/mol. The summed E-state index contributed by atoms with van der Waals surface area (Å²) in [6.45, 7) is 1.06. The van der Waals surface area contributed by atoms with Crippen LogP contribution in [0.4, 0.5) is 13.2 Å². The lowest BCUT2D eigenvalue weighted by Gasteiger charge is -2.39. The maximum atomic E-state index is 14.3. The number of aromatic amines is 1. The first-order chi connectivity index (χ1) is 21.3. The molecule has 0 saturated heterocycles. The standard InChI is InChI=1S/C31H32F3N5O5S/c1-29(19-22-20-36-25-13-5-3-11-23(22)25,28(40)37-21-30(16-8-2-9-17-30)27-15-7-10-18-35-27)38(39(41)42)45(43,44)26-14-6-4-12-24(26)31(32,33)34/h3-7,10-15,18,20,36H,2,8-9,16-17,19,21H2,1H3,(H,37,40)/t29-/m0/s1. The molecule has 1 saturated carbocycles. The Hall–Kier alpha value is -4.46. The van der Waals surface area contributed by atoms with Crippen LogP contribution in [0.5, 0.6) is 0 Å². The first-order valence-electron chi connectivity index (χ1n) is 14.4. The van der Waals surface area contributed by atoms with Crippen molar-refractivity contribution in [3.05, 3.63) is 106 Å². The second-order valence-electron chi connectivity index (χ2n) is 11.5. The number of nitro groups is 1. The summed E-state index contributed by atoms with van der Waals surface area (Å²) in [5.74, 6) is -1.03. The number of carbonyl (C=O) groups excluding carboxylic acids is 1. The van der Waals surface area contributed by atoms with Crippen LogP contribution in [0.25, 0.3) is 10.9 Å². The van der Waals surface area contributed by atoms with Crippen molar-refractivity contribution < 1.29 is 31.4 Å². The number of benzene rings is 2. The first-order valence-corrected chi connectivity index (χ1v) is 15.8. The Bertz CT molecular complexity index is 1810. The first kappa shape index (κ1) is 31.9. The van der Waals surface area contributed by atoms with Crippen molar-refractivity contribution in [2.24, 2.45) is 0 Å². The van der Waals surface area contributed by atoms with Crippen molar-refractivity contribution in [3.63, 3.8) is 0 Å². The van der Waals surface area contributed by atoms with E-state index in [1.54, 1.807) is 36.5 Å². The highest BCUT2D eigenvalue weighted by Gasteiger charge is 2.56. The van der Waals surface area contributed by atoms with Gasteiger partial charge < -0.3 is 10.3 Å². The van der Waals surface area contributed by atoms with Crippen LogP contribution in [0.2, 0.25) is 0 Å². The Morgan fingerprint density at radius 3 is 2.38 bits per heavy atom. The largest absolute Gasteiger partial charge is 0.417 e. The molecule has 2 aromatic heterocycles. The van der Waals surface area contributed by atoms with E-state index >= 15 is 0 Å². The molecule has 1 aliphatic rings. The van der Waals surface area contributed by atoms with E-state index in [0.717, 1.165) is 44.0 Å². The van der Waals surface area contributed by atoms with Gasteiger partial charge in [0.2, 0.25) is 0 Å². The molecule has 1 fully saturated rings. The van der Waals surface area contributed by atoms with Gasteiger partial charge in [0.1, 0.15) is 4.90 Å². The zero-order chi connectivity index (χ0) is 32.5. The highest BCUT2D eigenvalue weighted by atomic mass is 32.2. The van der Waals surface area contributed by atoms with Gasteiger partial charge in [-0.1, -0.05) is 55.7 Å². The molecule has 2 heterocycles. The summed E-state index contributed by atoms with van der Waals surface area (Å²) in [6.07, 6.45) is 1.48. The van der Waals surface area contributed by atoms with Crippen LogP contribution in [-0.4, -0.2) is 45.8 Å². The maximum Gasteiger partial charge on any atom is 0.417 e. The lowest BCUT2D eigenvalue weighted by atomic mass is 9.71. The van der Waals surface area contributed by atoms with Gasteiger partial charge in [0.05, 0.1) is 5.56 Å². The lowest BCUT2D eigenvalue weighted by Crippen LogP contribution is -2.63. The number of rotatable bonds is 10. The second-order valence-corrected chi connectivity index (χ2v) is 13.3. The predicted octanol–water partition coefficient (Wildman–Crippen LogP) is 5.78. The number of alkyl halides is 3. The number of carbonyl (C=O) groups is 1.